The highest BCUT2D eigenvalue weighted by atomic mass is 32.2. The Kier molecular flexibility index (Phi) is 14.0. The summed E-state index contributed by atoms with van der Waals surface area (Å²) in [5.74, 6) is 0. The Balaban J connectivity index is 4.54. The fourth-order valence-electron chi connectivity index (χ4n) is 2.64. The van der Waals surface area contributed by atoms with E-state index in [-0.39, 0.29) is 20.7 Å². The highest BCUT2D eigenvalue weighted by Crippen LogP contribution is 2.22. The number of hydrogen-bond acceptors (Lipinski definition) is 8. The molecule has 0 aliphatic rings. The molecule has 0 saturated carbocycles. The van der Waals surface area contributed by atoms with E-state index < -0.39 is 23.4 Å². The molecule has 8 nitrogen and oxygen atoms in total. The molecule has 0 aliphatic heterocycles. The molecule has 2 amide bonds. The Hall–Kier alpha value is -1.42. The Labute approximate surface area is 201 Å². The Morgan fingerprint density at radius 1 is 0.688 bits per heavy atom. The number of ether oxygens (including phenoxy) is 2. The monoisotopic (exact) mass is 492 g/mol. The zero-order valence-corrected chi connectivity index (χ0v) is 22.3. The van der Waals surface area contributed by atoms with Gasteiger partial charge in [-0.05, 0) is 54.4 Å². The molecule has 186 valence electrons. The Morgan fingerprint density at radius 3 is 1.25 bits per heavy atom. The van der Waals surface area contributed by atoms with Crippen molar-refractivity contribution >= 4 is 45.9 Å². The second kappa shape index (κ2) is 14.7. The minimum atomic E-state index is -0.579. The van der Waals surface area contributed by atoms with Crippen molar-refractivity contribution in [3.8, 4) is 0 Å². The van der Waals surface area contributed by atoms with E-state index in [1.807, 2.05) is 0 Å². The van der Waals surface area contributed by atoms with Crippen LogP contribution in [-0.2, 0) is 19.1 Å². The molecule has 0 bridgehead atoms. The molecule has 2 atom stereocenters. The lowest BCUT2D eigenvalue weighted by atomic mass is 10.1. The first kappa shape index (κ1) is 30.6. The summed E-state index contributed by atoms with van der Waals surface area (Å²) in [7, 11) is 0. The van der Waals surface area contributed by atoms with Gasteiger partial charge in [-0.15, -0.1) is 0 Å². The number of unbranched alkanes of at least 4 members (excludes halogenated alkanes) is 1. The summed E-state index contributed by atoms with van der Waals surface area (Å²) in [5.41, 5.74) is -1.16. The number of hydrogen-bond donors (Lipinski definition) is 2. The predicted molar refractivity (Wildman–Crippen MR) is 131 cm³/mol. The van der Waals surface area contributed by atoms with Crippen molar-refractivity contribution in [3.05, 3.63) is 0 Å². The molecule has 2 unspecified atom stereocenters. The second-order valence-corrected chi connectivity index (χ2v) is 12.5. The van der Waals surface area contributed by atoms with E-state index >= 15 is 0 Å². The maximum absolute atomic E-state index is 11.9. The third kappa shape index (κ3) is 19.3. The molecule has 0 saturated heterocycles. The van der Waals surface area contributed by atoms with E-state index in [2.05, 4.69) is 10.6 Å². The third-order valence-corrected chi connectivity index (χ3v) is 5.85. The van der Waals surface area contributed by atoms with Crippen LogP contribution in [0.5, 0.6) is 0 Å². The number of thioether (sulfide) groups is 2. The summed E-state index contributed by atoms with van der Waals surface area (Å²) in [4.78, 5) is 46.9. The second-order valence-electron chi connectivity index (χ2n) is 9.51. The van der Waals surface area contributed by atoms with Crippen LogP contribution in [0.3, 0.4) is 0 Å². The van der Waals surface area contributed by atoms with Crippen LogP contribution in [0.4, 0.5) is 9.59 Å². The number of amides is 2. The minimum absolute atomic E-state index is 0.00689. The minimum Gasteiger partial charge on any atom is -0.444 e. The third-order valence-electron chi connectivity index (χ3n) is 3.71. The van der Waals surface area contributed by atoms with Crippen LogP contribution in [0.1, 0.15) is 81.1 Å². The average Bonchev–Trinajstić information content (AvgIpc) is 2.56. The van der Waals surface area contributed by atoms with Crippen LogP contribution in [0.2, 0.25) is 0 Å². The van der Waals surface area contributed by atoms with Crippen LogP contribution in [-0.4, -0.2) is 57.2 Å². The highest BCUT2D eigenvalue weighted by molar-refractivity contribution is 8.14. The lowest BCUT2D eigenvalue weighted by Crippen LogP contribution is -2.36. The van der Waals surface area contributed by atoms with Gasteiger partial charge in [-0.25, -0.2) is 9.59 Å². The van der Waals surface area contributed by atoms with Gasteiger partial charge < -0.3 is 20.1 Å². The molecule has 0 aromatic carbocycles. The molecule has 0 rings (SSSR count). The number of rotatable bonds is 11. The molecule has 0 radical (unpaired) electrons. The van der Waals surface area contributed by atoms with Gasteiger partial charge in [-0.1, -0.05) is 36.4 Å². The first-order chi connectivity index (χ1) is 14.6. The maximum atomic E-state index is 11.9. The standard InChI is InChI=1S/C22H40N2O6S2/c1-15(25)31-17(13-23-19(27)29-21(3,4)5)11-9-10-12-18(32-16(2)26)14-24-20(28)30-22(6,7)8/h17-18H,9-14H2,1-8H3,(H,23,27)(H,24,28). The SMILES string of the molecule is CC(=O)SC(CCCCC(CNC(=O)OC(C)(C)C)SC(C)=O)CNC(=O)OC(C)(C)C. The van der Waals surface area contributed by atoms with E-state index in [1.54, 1.807) is 41.5 Å². The van der Waals surface area contributed by atoms with Gasteiger partial charge in [0.05, 0.1) is 0 Å². The summed E-state index contributed by atoms with van der Waals surface area (Å²) >= 11 is 2.41. The van der Waals surface area contributed by atoms with Crippen molar-refractivity contribution in [1.29, 1.82) is 0 Å². The van der Waals surface area contributed by atoms with Crippen molar-refractivity contribution in [2.75, 3.05) is 13.1 Å². The highest BCUT2D eigenvalue weighted by Gasteiger charge is 2.20. The predicted octanol–water partition coefficient (Wildman–Crippen LogP) is 4.89. The van der Waals surface area contributed by atoms with Crippen molar-refractivity contribution in [3.63, 3.8) is 0 Å². The maximum Gasteiger partial charge on any atom is 0.407 e. The first-order valence-electron chi connectivity index (χ1n) is 10.9. The number of carbonyl (C=O) groups excluding carboxylic acids is 4. The van der Waals surface area contributed by atoms with E-state index in [0.29, 0.717) is 13.1 Å². The fourth-order valence-corrected chi connectivity index (χ4v) is 4.48. The largest absolute Gasteiger partial charge is 0.444 e. The van der Waals surface area contributed by atoms with Crippen molar-refractivity contribution in [1.82, 2.24) is 10.6 Å². The molecule has 0 aliphatic carbocycles. The summed E-state index contributed by atoms with van der Waals surface area (Å²) in [6.45, 7) is 14.4. The number of carbonyl (C=O) groups is 4. The zero-order chi connectivity index (χ0) is 24.9. The molecular weight excluding hydrogens is 452 g/mol. The molecular formula is C22H40N2O6S2. The quantitative estimate of drug-likeness (QED) is 0.392. The summed E-state index contributed by atoms with van der Waals surface area (Å²) in [6, 6.07) is 0. The van der Waals surface area contributed by atoms with Crippen molar-refractivity contribution in [2.45, 2.75) is 103 Å². The smallest absolute Gasteiger partial charge is 0.407 e. The Bertz CT molecular complexity index is 575. The van der Waals surface area contributed by atoms with Gasteiger partial charge in [-0.3, -0.25) is 9.59 Å². The fraction of sp³-hybridized carbons (Fsp3) is 0.818. The molecule has 0 fully saturated rings. The number of nitrogens with one attached hydrogen (secondary N) is 2. The molecule has 0 aromatic heterocycles. The number of alkyl carbamates (subject to hydrolysis) is 2. The molecule has 2 N–H and O–H groups in total. The molecule has 0 aromatic rings. The lowest BCUT2D eigenvalue weighted by molar-refractivity contribution is -0.110. The van der Waals surface area contributed by atoms with Crippen LogP contribution in [0.25, 0.3) is 0 Å². The van der Waals surface area contributed by atoms with Gasteiger partial charge >= 0.3 is 12.2 Å². The Morgan fingerprint density at radius 2 is 1.00 bits per heavy atom. The topological polar surface area (TPSA) is 111 Å². The average molecular weight is 493 g/mol. The van der Waals surface area contributed by atoms with Crippen LogP contribution in [0, 0.1) is 0 Å². The van der Waals surface area contributed by atoms with Gasteiger partial charge in [0.1, 0.15) is 11.2 Å². The van der Waals surface area contributed by atoms with Crippen molar-refractivity contribution < 1.29 is 28.7 Å². The van der Waals surface area contributed by atoms with Gasteiger partial charge in [0.25, 0.3) is 0 Å². The first-order valence-corrected chi connectivity index (χ1v) is 12.6. The summed E-state index contributed by atoms with van der Waals surface area (Å²) in [6.07, 6.45) is 2.11. The van der Waals surface area contributed by atoms with Crippen LogP contribution >= 0.6 is 23.5 Å². The molecule has 10 heteroatoms. The summed E-state index contributed by atoms with van der Waals surface area (Å²) < 4.78 is 10.5. The van der Waals surface area contributed by atoms with Gasteiger partial charge in [0.15, 0.2) is 10.2 Å². The van der Waals surface area contributed by atoms with Gasteiger partial charge in [0.2, 0.25) is 0 Å². The molecule has 0 heterocycles. The van der Waals surface area contributed by atoms with E-state index in [0.717, 1.165) is 25.7 Å². The van der Waals surface area contributed by atoms with E-state index in [4.69, 9.17) is 9.47 Å². The van der Waals surface area contributed by atoms with E-state index in [1.165, 1.54) is 37.4 Å². The normalized spacial score (nSPS) is 13.6. The van der Waals surface area contributed by atoms with Gasteiger partial charge in [0, 0.05) is 37.4 Å². The molecule has 0 spiro atoms. The van der Waals surface area contributed by atoms with E-state index in [9.17, 15) is 19.2 Å². The van der Waals surface area contributed by atoms with Crippen molar-refractivity contribution in [2.24, 2.45) is 0 Å². The van der Waals surface area contributed by atoms with Gasteiger partial charge in [-0.2, -0.15) is 0 Å². The van der Waals surface area contributed by atoms with Crippen LogP contribution < -0.4 is 10.6 Å². The zero-order valence-electron chi connectivity index (χ0n) is 20.7. The summed E-state index contributed by atoms with van der Waals surface area (Å²) in [5, 5.41) is 5.33. The van der Waals surface area contributed by atoms with Crippen LogP contribution in [0.15, 0.2) is 0 Å². The molecule has 32 heavy (non-hydrogen) atoms. The lowest BCUT2D eigenvalue weighted by Gasteiger charge is -2.22.